The van der Waals surface area contributed by atoms with Crippen LogP contribution in [0.25, 0.3) is 10.9 Å². The van der Waals surface area contributed by atoms with Gasteiger partial charge in [0.25, 0.3) is 0 Å². The number of hydrogen-bond acceptors (Lipinski definition) is 4. The van der Waals surface area contributed by atoms with Crippen molar-refractivity contribution in [3.05, 3.63) is 64.3 Å². The Morgan fingerprint density at radius 3 is 2.71 bits per heavy atom. The molecule has 0 amide bonds. The molecule has 1 heterocycles. The van der Waals surface area contributed by atoms with Crippen LogP contribution in [0.1, 0.15) is 23.0 Å². The Balaban J connectivity index is 1.86. The van der Waals surface area contributed by atoms with E-state index in [2.05, 4.69) is 21.1 Å². The first-order valence-electron chi connectivity index (χ1n) is 7.26. The van der Waals surface area contributed by atoms with E-state index in [9.17, 15) is 9.90 Å². The summed E-state index contributed by atoms with van der Waals surface area (Å²) in [6, 6.07) is 14.5. The number of rotatable bonds is 3. The molecule has 0 saturated carbocycles. The molecule has 0 bridgehead atoms. The molecule has 0 spiro atoms. The van der Waals surface area contributed by atoms with Gasteiger partial charge in [-0.25, -0.2) is 4.79 Å². The molecular formula is C18H15BrN2O3. The molecule has 0 atom stereocenters. The number of oxime groups is 1. The topological polar surface area (TPSA) is 63.8 Å². The number of aromatic nitrogens is 1. The molecule has 1 N–H and O–H groups in total. The Labute approximate surface area is 147 Å². The summed E-state index contributed by atoms with van der Waals surface area (Å²) in [5, 5.41) is 14.8. The van der Waals surface area contributed by atoms with E-state index in [1.54, 1.807) is 13.0 Å². The molecule has 3 rings (SSSR count). The van der Waals surface area contributed by atoms with Crippen LogP contribution < -0.4 is 0 Å². The lowest BCUT2D eigenvalue weighted by molar-refractivity contribution is 0.0513. The maximum absolute atomic E-state index is 12.1. The Kier molecular flexibility index (Phi) is 4.40. The second-order valence-corrected chi connectivity index (χ2v) is 6.28. The second kappa shape index (κ2) is 6.49. The lowest BCUT2D eigenvalue weighted by Gasteiger charge is -2.05. The summed E-state index contributed by atoms with van der Waals surface area (Å²) in [5.74, 6) is -0.868. The number of para-hydroxylation sites is 1. The lowest BCUT2D eigenvalue weighted by atomic mass is 10.2. The van der Waals surface area contributed by atoms with Gasteiger partial charge in [-0.1, -0.05) is 39.3 Å². The number of carbonyl (C=O) groups is 1. The number of nitrogens with zero attached hydrogens (tertiary/aromatic N) is 2. The predicted octanol–water partition coefficient (Wildman–Crippen LogP) is 4.23. The van der Waals surface area contributed by atoms with E-state index in [1.807, 2.05) is 41.9 Å². The fourth-order valence-corrected chi connectivity index (χ4v) is 2.87. The summed E-state index contributed by atoms with van der Waals surface area (Å²) in [5.41, 5.74) is 2.54. The third kappa shape index (κ3) is 3.05. The van der Waals surface area contributed by atoms with Gasteiger partial charge in [-0.3, -0.25) is 0 Å². The highest BCUT2D eigenvalue weighted by molar-refractivity contribution is 9.10. The minimum atomic E-state index is -0.716. The van der Waals surface area contributed by atoms with Crippen molar-refractivity contribution in [3.63, 3.8) is 0 Å². The standard InChI is InChI=1S/C18H15BrN2O3/c1-11(16-9-12-5-3-4-6-15(12)21(16)2)20-24-18(23)14-10-13(19)7-8-17(14)22/h3-10,22H,1-2H3/b20-11+. The SMILES string of the molecule is C/C(=N\OC(=O)c1cc(Br)ccc1O)c1cc2ccccc2n1C. The zero-order chi connectivity index (χ0) is 17.3. The highest BCUT2D eigenvalue weighted by Crippen LogP contribution is 2.23. The first kappa shape index (κ1) is 16.3. The van der Waals surface area contributed by atoms with E-state index in [-0.39, 0.29) is 11.3 Å². The Bertz CT molecular complexity index is 960. The van der Waals surface area contributed by atoms with Crippen LogP contribution in [0.5, 0.6) is 5.75 Å². The molecule has 6 heteroatoms. The van der Waals surface area contributed by atoms with Gasteiger partial charge in [-0.2, -0.15) is 0 Å². The maximum Gasteiger partial charge on any atom is 0.369 e. The maximum atomic E-state index is 12.1. The van der Waals surface area contributed by atoms with Gasteiger partial charge < -0.3 is 14.5 Å². The highest BCUT2D eigenvalue weighted by atomic mass is 79.9. The zero-order valence-electron chi connectivity index (χ0n) is 13.2. The van der Waals surface area contributed by atoms with Crippen molar-refractivity contribution in [2.45, 2.75) is 6.92 Å². The third-order valence-electron chi connectivity index (χ3n) is 3.77. The van der Waals surface area contributed by atoms with Crippen molar-refractivity contribution in [2.75, 3.05) is 0 Å². The number of benzene rings is 2. The molecule has 0 saturated heterocycles. The van der Waals surface area contributed by atoms with E-state index < -0.39 is 5.97 Å². The average molecular weight is 387 g/mol. The number of halogens is 1. The quantitative estimate of drug-likeness (QED) is 0.416. The van der Waals surface area contributed by atoms with Crippen LogP contribution in [0.4, 0.5) is 0 Å². The Morgan fingerprint density at radius 2 is 1.96 bits per heavy atom. The number of aryl methyl sites for hydroxylation is 1. The molecule has 0 unspecified atom stereocenters. The predicted molar refractivity (Wildman–Crippen MR) is 96.4 cm³/mol. The van der Waals surface area contributed by atoms with Gasteiger partial charge in [-0.15, -0.1) is 0 Å². The lowest BCUT2D eigenvalue weighted by Crippen LogP contribution is -2.07. The average Bonchev–Trinajstić information content (AvgIpc) is 2.92. The van der Waals surface area contributed by atoms with E-state index in [1.165, 1.54) is 12.1 Å². The molecule has 0 radical (unpaired) electrons. The normalized spacial score (nSPS) is 11.7. The molecule has 24 heavy (non-hydrogen) atoms. The van der Waals surface area contributed by atoms with E-state index in [0.29, 0.717) is 10.2 Å². The molecule has 2 aromatic carbocycles. The molecule has 3 aromatic rings. The first-order chi connectivity index (χ1) is 11.5. The van der Waals surface area contributed by atoms with Crippen LogP contribution in [-0.2, 0) is 11.9 Å². The van der Waals surface area contributed by atoms with Crippen LogP contribution in [0.3, 0.4) is 0 Å². The fraction of sp³-hybridized carbons (Fsp3) is 0.111. The number of hydrogen-bond donors (Lipinski definition) is 1. The molecule has 0 aliphatic rings. The number of phenols is 1. The Hall–Kier alpha value is -2.60. The largest absolute Gasteiger partial charge is 0.507 e. The molecule has 0 aliphatic heterocycles. The number of phenolic OH excluding ortho intramolecular Hbond substituents is 1. The first-order valence-corrected chi connectivity index (χ1v) is 8.06. The molecule has 0 aliphatic carbocycles. The van der Waals surface area contributed by atoms with Crippen LogP contribution >= 0.6 is 15.9 Å². The molecule has 0 fully saturated rings. The van der Waals surface area contributed by atoms with E-state index >= 15 is 0 Å². The summed E-state index contributed by atoms with van der Waals surface area (Å²) in [6.07, 6.45) is 0. The van der Waals surface area contributed by atoms with Crippen LogP contribution in [0, 0.1) is 0 Å². The number of aromatic hydroxyl groups is 1. The van der Waals surface area contributed by atoms with Crippen LogP contribution in [0.2, 0.25) is 0 Å². The zero-order valence-corrected chi connectivity index (χ0v) is 14.7. The van der Waals surface area contributed by atoms with Gasteiger partial charge in [-0.05, 0) is 37.3 Å². The van der Waals surface area contributed by atoms with Crippen molar-refractivity contribution in [3.8, 4) is 5.75 Å². The monoisotopic (exact) mass is 386 g/mol. The third-order valence-corrected chi connectivity index (χ3v) is 4.26. The van der Waals surface area contributed by atoms with Gasteiger partial charge in [0.05, 0.1) is 5.69 Å². The summed E-state index contributed by atoms with van der Waals surface area (Å²) in [6.45, 7) is 1.77. The van der Waals surface area contributed by atoms with Gasteiger partial charge in [0.1, 0.15) is 17.0 Å². The molecule has 5 nitrogen and oxygen atoms in total. The van der Waals surface area contributed by atoms with E-state index in [0.717, 1.165) is 16.6 Å². The van der Waals surface area contributed by atoms with Gasteiger partial charge in [0.2, 0.25) is 0 Å². The van der Waals surface area contributed by atoms with Crippen molar-refractivity contribution >= 4 is 38.5 Å². The molecular weight excluding hydrogens is 372 g/mol. The van der Waals surface area contributed by atoms with Gasteiger partial charge in [0, 0.05) is 22.4 Å². The van der Waals surface area contributed by atoms with Crippen molar-refractivity contribution in [1.29, 1.82) is 0 Å². The van der Waals surface area contributed by atoms with Crippen molar-refractivity contribution < 1.29 is 14.7 Å². The second-order valence-electron chi connectivity index (χ2n) is 5.36. The minimum Gasteiger partial charge on any atom is -0.507 e. The minimum absolute atomic E-state index is 0.0537. The summed E-state index contributed by atoms with van der Waals surface area (Å²) in [7, 11) is 1.93. The Morgan fingerprint density at radius 1 is 1.21 bits per heavy atom. The number of fused-ring (bicyclic) bond motifs is 1. The van der Waals surface area contributed by atoms with Gasteiger partial charge in [0.15, 0.2) is 0 Å². The van der Waals surface area contributed by atoms with Crippen LogP contribution in [0.15, 0.2) is 58.2 Å². The highest BCUT2D eigenvalue weighted by Gasteiger charge is 2.14. The molecule has 122 valence electrons. The smallest absolute Gasteiger partial charge is 0.369 e. The number of carbonyl (C=O) groups excluding carboxylic acids is 1. The van der Waals surface area contributed by atoms with Gasteiger partial charge >= 0.3 is 5.97 Å². The summed E-state index contributed by atoms with van der Waals surface area (Å²) >= 11 is 3.25. The summed E-state index contributed by atoms with van der Waals surface area (Å²) in [4.78, 5) is 17.1. The molecule has 1 aromatic heterocycles. The van der Waals surface area contributed by atoms with Crippen molar-refractivity contribution in [2.24, 2.45) is 12.2 Å². The van der Waals surface area contributed by atoms with E-state index in [4.69, 9.17) is 4.84 Å². The van der Waals surface area contributed by atoms with Crippen LogP contribution in [-0.4, -0.2) is 21.4 Å². The fourth-order valence-electron chi connectivity index (χ4n) is 2.51. The summed E-state index contributed by atoms with van der Waals surface area (Å²) < 4.78 is 2.65. The van der Waals surface area contributed by atoms with Crippen molar-refractivity contribution in [1.82, 2.24) is 4.57 Å².